The van der Waals surface area contributed by atoms with Crippen LogP contribution in [0.5, 0.6) is 0 Å². The molecular formula is C23H17N3O2. The third-order valence-electron chi connectivity index (χ3n) is 5.21. The average molecular weight is 367 g/mol. The van der Waals surface area contributed by atoms with Crippen LogP contribution < -0.4 is 0 Å². The molecule has 1 heterocycles. The number of non-ortho nitro benzene ring substituents is 1. The predicted molar refractivity (Wildman–Crippen MR) is 110 cm³/mol. The highest BCUT2D eigenvalue weighted by atomic mass is 16.6. The molecule has 0 atom stereocenters. The lowest BCUT2D eigenvalue weighted by atomic mass is 10.1. The third-order valence-corrected chi connectivity index (χ3v) is 5.21. The summed E-state index contributed by atoms with van der Waals surface area (Å²) in [5.41, 5.74) is 5.43. The highest BCUT2D eigenvalue weighted by Crippen LogP contribution is 2.35. The summed E-state index contributed by atoms with van der Waals surface area (Å²) < 4.78 is 1.98. The van der Waals surface area contributed by atoms with Gasteiger partial charge in [0.1, 0.15) is 0 Å². The first-order valence-corrected chi connectivity index (χ1v) is 9.20. The van der Waals surface area contributed by atoms with Crippen LogP contribution in [0, 0.1) is 10.1 Å². The zero-order valence-corrected chi connectivity index (χ0v) is 15.1. The molecular weight excluding hydrogens is 350 g/mol. The van der Waals surface area contributed by atoms with E-state index in [9.17, 15) is 10.1 Å². The normalized spacial score (nSPS) is 14.5. The molecule has 0 bridgehead atoms. The molecule has 5 rings (SSSR count). The zero-order chi connectivity index (χ0) is 19.1. The van der Waals surface area contributed by atoms with E-state index in [1.807, 2.05) is 35.2 Å². The van der Waals surface area contributed by atoms with Crippen LogP contribution in [0.3, 0.4) is 0 Å². The maximum Gasteiger partial charge on any atom is 0.270 e. The van der Waals surface area contributed by atoms with E-state index in [0.29, 0.717) is 0 Å². The molecule has 5 nitrogen and oxygen atoms in total. The van der Waals surface area contributed by atoms with Crippen molar-refractivity contribution in [2.24, 2.45) is 0 Å². The summed E-state index contributed by atoms with van der Waals surface area (Å²) in [4.78, 5) is 10.7. The second kappa shape index (κ2) is 6.46. The minimum absolute atomic E-state index is 0.107. The Morgan fingerprint density at radius 3 is 2.68 bits per heavy atom. The lowest BCUT2D eigenvalue weighted by molar-refractivity contribution is -0.384. The minimum atomic E-state index is -0.360. The second-order valence-electron chi connectivity index (χ2n) is 6.98. The van der Waals surface area contributed by atoms with Crippen LogP contribution in [0.2, 0.25) is 0 Å². The molecule has 0 unspecified atom stereocenters. The molecule has 0 saturated heterocycles. The Balaban J connectivity index is 1.60. The van der Waals surface area contributed by atoms with E-state index < -0.39 is 0 Å². The van der Waals surface area contributed by atoms with Crippen molar-refractivity contribution >= 4 is 28.1 Å². The molecule has 0 fully saturated rings. The van der Waals surface area contributed by atoms with Gasteiger partial charge in [-0.1, -0.05) is 42.5 Å². The van der Waals surface area contributed by atoms with Crippen LogP contribution in [0.15, 0.2) is 72.9 Å². The van der Waals surface area contributed by atoms with Crippen molar-refractivity contribution in [1.82, 2.24) is 9.78 Å². The van der Waals surface area contributed by atoms with Crippen LogP contribution in [-0.2, 0) is 6.42 Å². The number of aryl methyl sites for hydroxylation is 1. The van der Waals surface area contributed by atoms with Crippen molar-refractivity contribution in [3.8, 4) is 5.69 Å². The highest BCUT2D eigenvalue weighted by Gasteiger charge is 2.23. The molecule has 1 aliphatic rings. The lowest BCUT2D eigenvalue weighted by Gasteiger charge is -2.09. The third kappa shape index (κ3) is 2.77. The molecule has 1 aliphatic carbocycles. The number of hydrogen-bond donors (Lipinski definition) is 0. The number of fused-ring (bicyclic) bond motifs is 2. The molecule has 0 aliphatic heterocycles. The van der Waals surface area contributed by atoms with Gasteiger partial charge in [-0.3, -0.25) is 10.1 Å². The quantitative estimate of drug-likeness (QED) is 0.359. The first kappa shape index (κ1) is 16.4. The van der Waals surface area contributed by atoms with Gasteiger partial charge in [0, 0.05) is 12.1 Å². The van der Waals surface area contributed by atoms with Gasteiger partial charge in [-0.2, -0.15) is 5.10 Å². The minimum Gasteiger partial charge on any atom is -0.258 e. The standard InChI is InChI=1S/C23H17N3O2/c27-26(28)22-7-3-4-16(13-22)12-19-8-9-20-15-24-25(23(19)20)21-11-10-17-5-1-2-6-18(17)14-21/h1-7,10-15H,8-9H2/b19-12+. The van der Waals surface area contributed by atoms with Crippen molar-refractivity contribution in [2.45, 2.75) is 12.8 Å². The fraction of sp³-hybridized carbons (Fsp3) is 0.0870. The van der Waals surface area contributed by atoms with Gasteiger partial charge >= 0.3 is 0 Å². The Bertz CT molecular complexity index is 1250. The molecule has 5 heteroatoms. The van der Waals surface area contributed by atoms with Gasteiger partial charge in [0.05, 0.1) is 22.5 Å². The number of nitro benzene ring substituents is 1. The van der Waals surface area contributed by atoms with Crippen molar-refractivity contribution < 1.29 is 4.92 Å². The fourth-order valence-corrected chi connectivity index (χ4v) is 3.87. The van der Waals surface area contributed by atoms with E-state index >= 15 is 0 Å². The topological polar surface area (TPSA) is 61.0 Å². The monoisotopic (exact) mass is 367 g/mol. The van der Waals surface area contributed by atoms with Crippen LogP contribution in [0.25, 0.3) is 28.1 Å². The molecule has 1 aromatic heterocycles. The largest absolute Gasteiger partial charge is 0.270 e. The molecule has 28 heavy (non-hydrogen) atoms. The molecule has 0 radical (unpaired) electrons. The number of hydrogen-bond acceptors (Lipinski definition) is 3. The van der Waals surface area contributed by atoms with Crippen LogP contribution in [0.4, 0.5) is 5.69 Å². The number of nitro groups is 1. The summed E-state index contributed by atoms with van der Waals surface area (Å²) in [5.74, 6) is 0. The van der Waals surface area contributed by atoms with E-state index in [-0.39, 0.29) is 10.6 Å². The van der Waals surface area contributed by atoms with E-state index in [1.54, 1.807) is 12.1 Å². The maximum absolute atomic E-state index is 11.1. The summed E-state index contributed by atoms with van der Waals surface area (Å²) in [6.07, 6.45) is 5.81. The van der Waals surface area contributed by atoms with Gasteiger partial charge in [0.15, 0.2) is 0 Å². The van der Waals surface area contributed by atoms with Crippen molar-refractivity contribution in [2.75, 3.05) is 0 Å². The predicted octanol–water partition coefficient (Wildman–Crippen LogP) is 5.42. The highest BCUT2D eigenvalue weighted by molar-refractivity contribution is 5.87. The molecule has 0 spiro atoms. The molecule has 0 amide bonds. The molecule has 136 valence electrons. The summed E-state index contributed by atoms with van der Waals surface area (Å²) in [6.45, 7) is 0. The van der Waals surface area contributed by atoms with Gasteiger partial charge in [0.25, 0.3) is 5.69 Å². The van der Waals surface area contributed by atoms with Crippen molar-refractivity contribution in [3.05, 3.63) is 99.9 Å². The van der Waals surface area contributed by atoms with Crippen LogP contribution in [0.1, 0.15) is 23.2 Å². The number of allylic oxidation sites excluding steroid dienone is 1. The maximum atomic E-state index is 11.1. The lowest BCUT2D eigenvalue weighted by Crippen LogP contribution is -2.00. The van der Waals surface area contributed by atoms with Gasteiger partial charge < -0.3 is 0 Å². The molecule has 0 saturated carbocycles. The van der Waals surface area contributed by atoms with E-state index in [2.05, 4.69) is 35.4 Å². The molecule has 4 aromatic rings. The summed E-state index contributed by atoms with van der Waals surface area (Å²) >= 11 is 0. The van der Waals surface area contributed by atoms with E-state index in [1.165, 1.54) is 22.4 Å². The first-order chi connectivity index (χ1) is 13.7. The Labute approximate surface area is 161 Å². The SMILES string of the molecule is O=[N+]([O-])c1cccc(/C=C2\CCc3cnn(-c4ccc5ccccc5c4)c32)c1. The Morgan fingerprint density at radius 1 is 0.964 bits per heavy atom. The number of benzene rings is 3. The summed E-state index contributed by atoms with van der Waals surface area (Å²) in [5, 5.41) is 18.1. The van der Waals surface area contributed by atoms with E-state index in [0.717, 1.165) is 35.4 Å². The van der Waals surface area contributed by atoms with Gasteiger partial charge in [-0.05, 0) is 58.5 Å². The van der Waals surface area contributed by atoms with Gasteiger partial charge in [0.2, 0.25) is 0 Å². The summed E-state index contributed by atoms with van der Waals surface area (Å²) in [6, 6.07) is 21.4. The van der Waals surface area contributed by atoms with E-state index in [4.69, 9.17) is 0 Å². The smallest absolute Gasteiger partial charge is 0.258 e. The van der Waals surface area contributed by atoms with Gasteiger partial charge in [-0.25, -0.2) is 4.68 Å². The second-order valence-corrected chi connectivity index (χ2v) is 6.98. The van der Waals surface area contributed by atoms with Crippen molar-refractivity contribution in [3.63, 3.8) is 0 Å². The fourth-order valence-electron chi connectivity index (χ4n) is 3.87. The Kier molecular flexibility index (Phi) is 3.79. The summed E-state index contributed by atoms with van der Waals surface area (Å²) in [7, 11) is 0. The number of nitrogens with zero attached hydrogens (tertiary/aromatic N) is 3. The Morgan fingerprint density at radius 2 is 1.82 bits per heavy atom. The van der Waals surface area contributed by atoms with Crippen LogP contribution in [-0.4, -0.2) is 14.7 Å². The number of aromatic nitrogens is 2. The van der Waals surface area contributed by atoms with Crippen molar-refractivity contribution in [1.29, 1.82) is 0 Å². The first-order valence-electron chi connectivity index (χ1n) is 9.20. The Hall–Kier alpha value is -3.73. The number of rotatable bonds is 3. The van der Waals surface area contributed by atoms with Crippen LogP contribution >= 0.6 is 0 Å². The molecule has 3 aromatic carbocycles. The average Bonchev–Trinajstić information content (AvgIpc) is 3.31. The molecule has 0 N–H and O–H groups in total. The van der Waals surface area contributed by atoms with Gasteiger partial charge in [-0.15, -0.1) is 0 Å². The zero-order valence-electron chi connectivity index (χ0n) is 15.1.